The third-order valence-corrected chi connectivity index (χ3v) is 6.62. The van der Waals surface area contributed by atoms with Gasteiger partial charge in [-0.2, -0.15) is 4.98 Å². The minimum atomic E-state index is -0.389. The standard InChI is InChI=1S/C22H27N5O2S/c1-13-9-15(3)17(10-14(13)2)18-12-30-21(25-18)26-19(28)11-23-22(7-5-6-8-22)20-24-16(4)29-27-20/h9-10,12,23H,5-8,11H2,1-4H3,(H,25,26,28). The fourth-order valence-corrected chi connectivity index (χ4v) is 4.78. The molecule has 0 saturated heterocycles. The summed E-state index contributed by atoms with van der Waals surface area (Å²) in [4.78, 5) is 21.6. The summed E-state index contributed by atoms with van der Waals surface area (Å²) in [5, 5.41) is 13.0. The number of benzene rings is 1. The van der Waals surface area contributed by atoms with Crippen molar-refractivity contribution in [2.45, 2.75) is 58.9 Å². The van der Waals surface area contributed by atoms with Crippen LogP contribution in [0.1, 0.15) is 54.1 Å². The van der Waals surface area contributed by atoms with Gasteiger partial charge in [-0.3, -0.25) is 10.1 Å². The van der Waals surface area contributed by atoms with Gasteiger partial charge in [0.2, 0.25) is 11.8 Å². The lowest BCUT2D eigenvalue weighted by Crippen LogP contribution is -2.44. The maximum absolute atomic E-state index is 12.6. The topological polar surface area (TPSA) is 92.9 Å². The summed E-state index contributed by atoms with van der Waals surface area (Å²) in [6.07, 6.45) is 3.94. The van der Waals surface area contributed by atoms with E-state index in [4.69, 9.17) is 4.52 Å². The highest BCUT2D eigenvalue weighted by atomic mass is 32.1. The monoisotopic (exact) mass is 425 g/mol. The highest BCUT2D eigenvalue weighted by molar-refractivity contribution is 7.14. The summed E-state index contributed by atoms with van der Waals surface area (Å²) in [6.45, 7) is 8.25. The van der Waals surface area contributed by atoms with Crippen molar-refractivity contribution in [1.29, 1.82) is 0 Å². The number of hydrogen-bond donors (Lipinski definition) is 2. The summed E-state index contributed by atoms with van der Waals surface area (Å²) in [7, 11) is 0. The summed E-state index contributed by atoms with van der Waals surface area (Å²) >= 11 is 1.44. The molecule has 2 N–H and O–H groups in total. The zero-order valence-corrected chi connectivity index (χ0v) is 18.7. The number of anilines is 1. The lowest BCUT2D eigenvalue weighted by atomic mass is 9.96. The average Bonchev–Trinajstić information content (AvgIpc) is 3.45. The number of carbonyl (C=O) groups is 1. The van der Waals surface area contributed by atoms with Crippen LogP contribution in [0.4, 0.5) is 5.13 Å². The van der Waals surface area contributed by atoms with E-state index in [0.29, 0.717) is 16.8 Å². The number of rotatable bonds is 6. The summed E-state index contributed by atoms with van der Waals surface area (Å²) in [6, 6.07) is 4.33. The van der Waals surface area contributed by atoms with Gasteiger partial charge < -0.3 is 9.84 Å². The molecule has 0 unspecified atom stereocenters. The van der Waals surface area contributed by atoms with E-state index in [0.717, 1.165) is 36.9 Å². The Labute approximate surface area is 180 Å². The second kappa shape index (κ2) is 8.28. The van der Waals surface area contributed by atoms with Gasteiger partial charge in [-0.05, 0) is 56.4 Å². The first kappa shape index (κ1) is 20.7. The number of thiazole rings is 1. The van der Waals surface area contributed by atoms with Crippen LogP contribution in [0.3, 0.4) is 0 Å². The van der Waals surface area contributed by atoms with Crippen molar-refractivity contribution in [2.75, 3.05) is 11.9 Å². The number of aromatic nitrogens is 3. The van der Waals surface area contributed by atoms with Crippen LogP contribution in [-0.2, 0) is 10.3 Å². The Hall–Kier alpha value is -2.58. The molecule has 1 saturated carbocycles. The molecule has 0 bridgehead atoms. The van der Waals surface area contributed by atoms with Gasteiger partial charge in [0, 0.05) is 17.9 Å². The van der Waals surface area contributed by atoms with Crippen LogP contribution in [0, 0.1) is 27.7 Å². The molecule has 1 amide bonds. The molecule has 2 aromatic heterocycles. The number of nitrogens with one attached hydrogen (secondary N) is 2. The van der Waals surface area contributed by atoms with Crippen LogP contribution in [0.5, 0.6) is 0 Å². The molecule has 2 heterocycles. The average molecular weight is 426 g/mol. The van der Waals surface area contributed by atoms with Gasteiger partial charge in [-0.1, -0.05) is 24.1 Å². The second-order valence-corrected chi connectivity index (χ2v) is 8.98. The fraction of sp³-hybridized carbons (Fsp3) is 0.455. The Kier molecular flexibility index (Phi) is 5.71. The second-order valence-electron chi connectivity index (χ2n) is 8.12. The number of nitrogens with zero attached hydrogens (tertiary/aromatic N) is 3. The van der Waals surface area contributed by atoms with Gasteiger partial charge in [0.1, 0.15) is 0 Å². The summed E-state index contributed by atoms with van der Waals surface area (Å²) < 4.78 is 5.16. The number of carbonyl (C=O) groups excluding carboxylic acids is 1. The highest BCUT2D eigenvalue weighted by Crippen LogP contribution is 2.37. The lowest BCUT2D eigenvalue weighted by molar-refractivity contribution is -0.115. The zero-order chi connectivity index (χ0) is 21.3. The first-order valence-corrected chi connectivity index (χ1v) is 11.1. The molecule has 3 aromatic rings. The van der Waals surface area contributed by atoms with E-state index in [2.05, 4.69) is 58.7 Å². The Bertz CT molecular complexity index is 1070. The predicted octanol–water partition coefficient (Wildman–Crippen LogP) is 4.42. The Morgan fingerprint density at radius 1 is 1.10 bits per heavy atom. The molecule has 1 aliphatic carbocycles. The number of amides is 1. The van der Waals surface area contributed by atoms with Crippen LogP contribution in [0.25, 0.3) is 11.3 Å². The Balaban J connectivity index is 1.42. The van der Waals surface area contributed by atoms with E-state index in [9.17, 15) is 4.79 Å². The minimum Gasteiger partial charge on any atom is -0.340 e. The van der Waals surface area contributed by atoms with Crippen LogP contribution in [0.15, 0.2) is 22.0 Å². The molecule has 0 radical (unpaired) electrons. The third-order valence-electron chi connectivity index (χ3n) is 5.87. The van der Waals surface area contributed by atoms with Crippen molar-refractivity contribution in [2.24, 2.45) is 0 Å². The molecule has 7 nitrogen and oxygen atoms in total. The van der Waals surface area contributed by atoms with Crippen molar-refractivity contribution < 1.29 is 9.32 Å². The first-order valence-electron chi connectivity index (χ1n) is 10.3. The van der Waals surface area contributed by atoms with E-state index in [-0.39, 0.29) is 18.0 Å². The van der Waals surface area contributed by atoms with Gasteiger partial charge in [0.05, 0.1) is 17.8 Å². The molecule has 1 aromatic carbocycles. The van der Waals surface area contributed by atoms with Crippen molar-refractivity contribution >= 4 is 22.4 Å². The van der Waals surface area contributed by atoms with Crippen molar-refractivity contribution in [3.05, 3.63) is 45.9 Å². The first-order chi connectivity index (χ1) is 14.4. The summed E-state index contributed by atoms with van der Waals surface area (Å²) in [5.74, 6) is 1.06. The normalized spacial score (nSPS) is 15.5. The number of aryl methyl sites for hydroxylation is 4. The molecular formula is C22H27N5O2S. The molecule has 4 rings (SSSR count). The molecule has 158 valence electrons. The maximum atomic E-state index is 12.6. The van der Waals surface area contributed by atoms with E-state index >= 15 is 0 Å². The minimum absolute atomic E-state index is 0.126. The highest BCUT2D eigenvalue weighted by Gasteiger charge is 2.39. The Morgan fingerprint density at radius 3 is 2.53 bits per heavy atom. The van der Waals surface area contributed by atoms with E-state index in [1.807, 2.05) is 5.38 Å². The van der Waals surface area contributed by atoms with E-state index in [1.54, 1.807) is 6.92 Å². The van der Waals surface area contributed by atoms with Crippen molar-refractivity contribution in [3.63, 3.8) is 0 Å². The van der Waals surface area contributed by atoms with E-state index < -0.39 is 0 Å². The molecule has 0 spiro atoms. The smallest absolute Gasteiger partial charge is 0.240 e. The van der Waals surface area contributed by atoms with Crippen LogP contribution < -0.4 is 10.6 Å². The third kappa shape index (κ3) is 4.15. The van der Waals surface area contributed by atoms with Crippen LogP contribution in [-0.4, -0.2) is 27.6 Å². The molecule has 0 aliphatic heterocycles. The summed E-state index contributed by atoms with van der Waals surface area (Å²) in [5.41, 5.74) is 5.28. The number of hydrogen-bond acceptors (Lipinski definition) is 7. The molecule has 1 aliphatic rings. The fourth-order valence-electron chi connectivity index (χ4n) is 4.06. The molecule has 1 fully saturated rings. The zero-order valence-electron chi connectivity index (χ0n) is 17.8. The molecular weight excluding hydrogens is 398 g/mol. The van der Waals surface area contributed by atoms with Gasteiger partial charge in [0.15, 0.2) is 11.0 Å². The Morgan fingerprint density at radius 2 is 1.83 bits per heavy atom. The van der Waals surface area contributed by atoms with Crippen molar-refractivity contribution in [3.8, 4) is 11.3 Å². The van der Waals surface area contributed by atoms with E-state index in [1.165, 1.54) is 28.0 Å². The van der Waals surface area contributed by atoms with Gasteiger partial charge >= 0.3 is 0 Å². The molecule has 8 heteroatoms. The maximum Gasteiger partial charge on any atom is 0.240 e. The molecule has 0 atom stereocenters. The predicted molar refractivity (Wildman–Crippen MR) is 118 cm³/mol. The quantitative estimate of drug-likeness (QED) is 0.607. The van der Waals surface area contributed by atoms with Gasteiger partial charge in [0.25, 0.3) is 0 Å². The van der Waals surface area contributed by atoms with Crippen LogP contribution >= 0.6 is 11.3 Å². The SMILES string of the molecule is Cc1nc(C2(NCC(=O)Nc3nc(-c4cc(C)c(C)cc4C)cs3)CCCC2)no1. The van der Waals surface area contributed by atoms with Crippen LogP contribution in [0.2, 0.25) is 0 Å². The van der Waals surface area contributed by atoms with Gasteiger partial charge in [-0.25, -0.2) is 4.98 Å². The van der Waals surface area contributed by atoms with Gasteiger partial charge in [-0.15, -0.1) is 11.3 Å². The largest absolute Gasteiger partial charge is 0.340 e. The lowest BCUT2D eigenvalue weighted by Gasteiger charge is -2.26. The molecule has 30 heavy (non-hydrogen) atoms. The van der Waals surface area contributed by atoms with Crippen molar-refractivity contribution in [1.82, 2.24) is 20.4 Å².